The summed E-state index contributed by atoms with van der Waals surface area (Å²) in [5.74, 6) is -0.0197. The quantitative estimate of drug-likeness (QED) is 0.751. The van der Waals surface area contributed by atoms with Gasteiger partial charge >= 0.3 is 0 Å². The van der Waals surface area contributed by atoms with Gasteiger partial charge in [0.15, 0.2) is 0 Å². The van der Waals surface area contributed by atoms with Crippen LogP contribution in [0.1, 0.15) is 11.6 Å². The van der Waals surface area contributed by atoms with Gasteiger partial charge in [-0.2, -0.15) is 5.10 Å². The first-order chi connectivity index (χ1) is 9.70. The Hall–Kier alpha value is -0.860. The van der Waals surface area contributed by atoms with Gasteiger partial charge in [-0.25, -0.2) is 0 Å². The van der Waals surface area contributed by atoms with E-state index in [2.05, 4.69) is 20.6 Å². The number of carbonyl (C=O) groups excluding carboxylic acids is 1. The Bertz CT molecular complexity index is 438. The fourth-order valence-electron chi connectivity index (χ4n) is 2.30. The van der Waals surface area contributed by atoms with Crippen LogP contribution in [0.15, 0.2) is 12.4 Å². The summed E-state index contributed by atoms with van der Waals surface area (Å²) in [6.07, 6.45) is 3.56. The van der Waals surface area contributed by atoms with E-state index in [0.717, 1.165) is 38.4 Å². The minimum Gasteiger partial charge on any atom is -0.379 e. The van der Waals surface area contributed by atoms with Crippen LogP contribution in [0.3, 0.4) is 0 Å². The molecule has 1 fully saturated rings. The molecule has 7 nitrogen and oxygen atoms in total. The summed E-state index contributed by atoms with van der Waals surface area (Å²) in [6.45, 7) is 4.95. The number of halogens is 2. The SMILES string of the molecule is CNC(C(=O)NCCN1CCOCC1)c1cnn(C)c1.Cl.Cl. The maximum absolute atomic E-state index is 12.2. The van der Waals surface area contributed by atoms with Crippen molar-refractivity contribution >= 4 is 30.7 Å². The Kier molecular flexibility index (Phi) is 10.4. The maximum atomic E-state index is 12.2. The molecular weight excluding hydrogens is 329 g/mol. The molecule has 1 aliphatic heterocycles. The van der Waals surface area contributed by atoms with E-state index in [4.69, 9.17) is 4.74 Å². The lowest BCUT2D eigenvalue weighted by atomic mass is 10.1. The highest BCUT2D eigenvalue weighted by Gasteiger charge is 2.20. The molecule has 0 aromatic carbocycles. The van der Waals surface area contributed by atoms with Crippen molar-refractivity contribution in [1.29, 1.82) is 0 Å². The third-order valence-corrected chi connectivity index (χ3v) is 3.44. The van der Waals surface area contributed by atoms with Crippen molar-refractivity contribution in [2.24, 2.45) is 7.05 Å². The van der Waals surface area contributed by atoms with Crippen molar-refractivity contribution in [1.82, 2.24) is 25.3 Å². The van der Waals surface area contributed by atoms with Gasteiger partial charge in [0.25, 0.3) is 0 Å². The van der Waals surface area contributed by atoms with Crippen LogP contribution in [0.2, 0.25) is 0 Å². The van der Waals surface area contributed by atoms with Gasteiger partial charge in [0.05, 0.1) is 19.4 Å². The summed E-state index contributed by atoms with van der Waals surface area (Å²) >= 11 is 0. The number of nitrogens with one attached hydrogen (secondary N) is 2. The van der Waals surface area contributed by atoms with Crippen molar-refractivity contribution in [3.8, 4) is 0 Å². The number of aromatic nitrogens is 2. The fourth-order valence-corrected chi connectivity index (χ4v) is 2.30. The molecule has 128 valence electrons. The Labute approximate surface area is 143 Å². The Morgan fingerprint density at radius 3 is 2.64 bits per heavy atom. The Morgan fingerprint density at radius 2 is 2.09 bits per heavy atom. The van der Waals surface area contributed by atoms with Crippen molar-refractivity contribution in [3.63, 3.8) is 0 Å². The number of nitrogens with zero attached hydrogens (tertiary/aromatic N) is 3. The van der Waals surface area contributed by atoms with Crippen molar-refractivity contribution < 1.29 is 9.53 Å². The third kappa shape index (κ3) is 6.10. The first kappa shape index (κ1) is 21.1. The van der Waals surface area contributed by atoms with Gasteiger partial charge in [-0.1, -0.05) is 0 Å². The number of carbonyl (C=O) groups is 1. The van der Waals surface area contributed by atoms with Gasteiger partial charge in [0.2, 0.25) is 5.91 Å². The fraction of sp³-hybridized carbons (Fsp3) is 0.692. The van der Waals surface area contributed by atoms with E-state index in [1.807, 2.05) is 13.2 Å². The summed E-state index contributed by atoms with van der Waals surface area (Å²) in [6, 6.07) is -0.353. The van der Waals surface area contributed by atoms with Crippen LogP contribution in [-0.2, 0) is 16.6 Å². The van der Waals surface area contributed by atoms with Crippen LogP contribution in [-0.4, -0.2) is 67.0 Å². The lowest BCUT2D eigenvalue weighted by Gasteiger charge is -2.26. The molecule has 1 unspecified atom stereocenters. The van der Waals surface area contributed by atoms with Crippen LogP contribution in [0.4, 0.5) is 0 Å². The van der Waals surface area contributed by atoms with E-state index in [1.54, 1.807) is 17.9 Å². The normalized spacial score (nSPS) is 16.3. The Balaban J connectivity index is 0.00000220. The highest BCUT2D eigenvalue weighted by atomic mass is 35.5. The number of rotatable bonds is 6. The molecule has 0 radical (unpaired) electrons. The van der Waals surface area contributed by atoms with Crippen molar-refractivity contribution in [2.75, 3.05) is 46.4 Å². The van der Waals surface area contributed by atoms with Crippen LogP contribution in [0.25, 0.3) is 0 Å². The predicted octanol–water partition coefficient (Wildman–Crippen LogP) is -0.0274. The van der Waals surface area contributed by atoms with Gasteiger partial charge in [0.1, 0.15) is 6.04 Å². The van der Waals surface area contributed by atoms with Gasteiger partial charge < -0.3 is 15.4 Å². The molecule has 2 N–H and O–H groups in total. The zero-order chi connectivity index (χ0) is 14.4. The molecule has 0 aliphatic carbocycles. The smallest absolute Gasteiger partial charge is 0.241 e. The van der Waals surface area contributed by atoms with E-state index < -0.39 is 0 Å². The second-order valence-corrected chi connectivity index (χ2v) is 4.91. The lowest BCUT2D eigenvalue weighted by molar-refractivity contribution is -0.123. The van der Waals surface area contributed by atoms with E-state index in [-0.39, 0.29) is 36.8 Å². The summed E-state index contributed by atoms with van der Waals surface area (Å²) < 4.78 is 6.99. The number of morpholine rings is 1. The average Bonchev–Trinajstić information content (AvgIpc) is 2.87. The molecule has 9 heteroatoms. The molecule has 0 spiro atoms. The van der Waals surface area contributed by atoms with Gasteiger partial charge in [-0.3, -0.25) is 14.4 Å². The largest absolute Gasteiger partial charge is 0.379 e. The number of hydrogen-bond acceptors (Lipinski definition) is 5. The van der Waals surface area contributed by atoms with Crippen LogP contribution in [0.5, 0.6) is 0 Å². The van der Waals surface area contributed by atoms with Gasteiger partial charge in [-0.05, 0) is 7.05 Å². The highest BCUT2D eigenvalue weighted by Crippen LogP contribution is 2.10. The second-order valence-electron chi connectivity index (χ2n) is 4.91. The monoisotopic (exact) mass is 353 g/mol. The number of amides is 1. The molecule has 1 aromatic rings. The van der Waals surface area contributed by atoms with Gasteiger partial charge in [0, 0.05) is 45.0 Å². The molecule has 22 heavy (non-hydrogen) atoms. The number of likely N-dealkylation sites (N-methyl/N-ethyl adjacent to an activating group) is 1. The topological polar surface area (TPSA) is 71.4 Å². The third-order valence-electron chi connectivity index (χ3n) is 3.44. The summed E-state index contributed by atoms with van der Waals surface area (Å²) in [5, 5.41) is 10.1. The number of ether oxygens (including phenoxy) is 1. The minimum absolute atomic E-state index is 0. The molecule has 0 saturated carbocycles. The second kappa shape index (κ2) is 10.8. The van der Waals surface area contributed by atoms with E-state index in [0.29, 0.717) is 6.54 Å². The van der Waals surface area contributed by atoms with Crippen LogP contribution in [0, 0.1) is 0 Å². The summed E-state index contributed by atoms with van der Waals surface area (Å²) in [7, 11) is 3.62. The van der Waals surface area contributed by atoms with Crippen LogP contribution < -0.4 is 10.6 Å². The molecule has 0 bridgehead atoms. The van der Waals surface area contributed by atoms with Crippen LogP contribution >= 0.6 is 24.8 Å². The molecule has 1 amide bonds. The van der Waals surface area contributed by atoms with E-state index >= 15 is 0 Å². The number of hydrogen-bond donors (Lipinski definition) is 2. The van der Waals surface area contributed by atoms with Crippen molar-refractivity contribution in [2.45, 2.75) is 6.04 Å². The first-order valence-corrected chi connectivity index (χ1v) is 6.94. The predicted molar refractivity (Wildman–Crippen MR) is 89.8 cm³/mol. The molecule has 1 saturated heterocycles. The van der Waals surface area contributed by atoms with E-state index in [9.17, 15) is 4.79 Å². The van der Waals surface area contributed by atoms with E-state index in [1.165, 1.54) is 0 Å². The molecular formula is C13H25Cl2N5O2. The zero-order valence-electron chi connectivity index (χ0n) is 12.9. The molecule has 1 aliphatic rings. The molecule has 1 aromatic heterocycles. The maximum Gasteiger partial charge on any atom is 0.241 e. The first-order valence-electron chi connectivity index (χ1n) is 6.94. The minimum atomic E-state index is -0.353. The lowest BCUT2D eigenvalue weighted by Crippen LogP contribution is -2.43. The number of aryl methyl sites for hydroxylation is 1. The molecule has 1 atom stereocenters. The van der Waals surface area contributed by atoms with Crippen molar-refractivity contribution in [3.05, 3.63) is 18.0 Å². The van der Waals surface area contributed by atoms with Gasteiger partial charge in [-0.15, -0.1) is 24.8 Å². The Morgan fingerprint density at radius 1 is 1.41 bits per heavy atom. The zero-order valence-corrected chi connectivity index (χ0v) is 14.6. The highest BCUT2D eigenvalue weighted by molar-refractivity contribution is 5.85. The standard InChI is InChI=1S/C13H23N5O2.2ClH/c1-14-12(11-9-16-17(2)10-11)13(19)15-3-4-18-5-7-20-8-6-18;;/h9-10,12,14H,3-8H2,1-2H3,(H,15,19);2*1H. The molecule has 2 heterocycles. The summed E-state index contributed by atoms with van der Waals surface area (Å²) in [4.78, 5) is 14.5. The average molecular weight is 354 g/mol. The molecule has 2 rings (SSSR count). The summed E-state index contributed by atoms with van der Waals surface area (Å²) in [5.41, 5.74) is 0.874.